The van der Waals surface area contributed by atoms with Gasteiger partial charge in [-0.3, -0.25) is 14.4 Å². The van der Waals surface area contributed by atoms with Crippen molar-refractivity contribution in [2.75, 3.05) is 25.1 Å². The van der Waals surface area contributed by atoms with Crippen molar-refractivity contribution in [3.05, 3.63) is 59.4 Å². The normalized spacial score (nSPS) is 14.4. The van der Waals surface area contributed by atoms with Crippen LogP contribution in [0.25, 0.3) is 0 Å². The Labute approximate surface area is 174 Å². The highest BCUT2D eigenvalue weighted by Gasteiger charge is 2.21. The number of amides is 3. The zero-order valence-electron chi connectivity index (χ0n) is 16.9. The quantitative estimate of drug-likeness (QED) is 0.730. The molecule has 30 heavy (non-hydrogen) atoms. The summed E-state index contributed by atoms with van der Waals surface area (Å²) in [6.45, 7) is 2.19. The van der Waals surface area contributed by atoms with Gasteiger partial charge in [0, 0.05) is 24.2 Å². The molecule has 0 bridgehead atoms. The van der Waals surface area contributed by atoms with Crippen LogP contribution in [0.2, 0.25) is 0 Å². The maximum absolute atomic E-state index is 13.8. The smallest absolute Gasteiger partial charge is 0.251 e. The predicted octanol–water partition coefficient (Wildman–Crippen LogP) is 2.57. The van der Waals surface area contributed by atoms with Crippen molar-refractivity contribution in [2.24, 2.45) is 0 Å². The fourth-order valence-electron chi connectivity index (χ4n) is 3.30. The number of hydrogen-bond acceptors (Lipinski definition) is 4. The maximum Gasteiger partial charge on any atom is 0.251 e. The lowest BCUT2D eigenvalue weighted by molar-refractivity contribution is -0.120. The van der Waals surface area contributed by atoms with Crippen LogP contribution in [-0.4, -0.2) is 37.9 Å². The molecule has 1 atom stereocenters. The van der Waals surface area contributed by atoms with E-state index >= 15 is 0 Å². The summed E-state index contributed by atoms with van der Waals surface area (Å²) in [5, 5.41) is 5.27. The van der Waals surface area contributed by atoms with Crippen molar-refractivity contribution < 1.29 is 23.5 Å². The highest BCUT2D eigenvalue weighted by atomic mass is 19.1. The molecule has 1 aliphatic rings. The minimum atomic E-state index is -0.511. The number of carbonyl (C=O) groups excluding carboxylic acids is 3. The van der Waals surface area contributed by atoms with Gasteiger partial charge in [-0.05, 0) is 55.3 Å². The number of nitrogens with one attached hydrogen (secondary N) is 2. The highest BCUT2D eigenvalue weighted by Crippen LogP contribution is 2.22. The van der Waals surface area contributed by atoms with E-state index in [4.69, 9.17) is 4.74 Å². The molecule has 0 spiro atoms. The number of ether oxygens (including phenoxy) is 1. The average Bonchev–Trinajstić information content (AvgIpc) is 3.17. The molecule has 3 rings (SSSR count). The third kappa shape index (κ3) is 4.94. The second-order valence-corrected chi connectivity index (χ2v) is 7.06. The van der Waals surface area contributed by atoms with E-state index in [1.165, 1.54) is 19.2 Å². The Morgan fingerprint density at radius 3 is 2.53 bits per heavy atom. The number of nitrogens with zero attached hydrogens (tertiary/aromatic N) is 1. The number of rotatable bonds is 7. The summed E-state index contributed by atoms with van der Waals surface area (Å²) < 4.78 is 18.7. The zero-order chi connectivity index (χ0) is 21.7. The van der Waals surface area contributed by atoms with Crippen LogP contribution >= 0.6 is 0 Å². The van der Waals surface area contributed by atoms with Gasteiger partial charge in [0.2, 0.25) is 11.8 Å². The SMILES string of the molecule is COc1ccc([C@@H](C)NC(=O)CNC(=O)c2ccc(N3CCCC3=O)cc2)cc1F. The van der Waals surface area contributed by atoms with Crippen LogP contribution in [0.4, 0.5) is 10.1 Å². The first-order chi connectivity index (χ1) is 14.4. The molecule has 1 aliphatic heterocycles. The van der Waals surface area contributed by atoms with Crippen molar-refractivity contribution in [1.82, 2.24) is 10.6 Å². The lowest BCUT2D eigenvalue weighted by Gasteiger charge is -2.16. The minimum absolute atomic E-state index is 0.0785. The second-order valence-electron chi connectivity index (χ2n) is 7.06. The first kappa shape index (κ1) is 21.3. The van der Waals surface area contributed by atoms with E-state index < -0.39 is 23.7 Å². The van der Waals surface area contributed by atoms with Gasteiger partial charge in [0.15, 0.2) is 11.6 Å². The number of methoxy groups -OCH3 is 1. The Bertz CT molecular complexity index is 946. The fraction of sp³-hybridized carbons (Fsp3) is 0.318. The lowest BCUT2D eigenvalue weighted by atomic mass is 10.1. The number of carbonyl (C=O) groups is 3. The summed E-state index contributed by atoms with van der Waals surface area (Å²) in [5.41, 5.74) is 1.73. The summed E-state index contributed by atoms with van der Waals surface area (Å²) >= 11 is 0. The van der Waals surface area contributed by atoms with Gasteiger partial charge in [0.25, 0.3) is 5.91 Å². The lowest BCUT2D eigenvalue weighted by Crippen LogP contribution is -2.38. The topological polar surface area (TPSA) is 87.7 Å². The van der Waals surface area contributed by atoms with Crippen LogP contribution in [0, 0.1) is 5.82 Å². The van der Waals surface area contributed by atoms with Gasteiger partial charge >= 0.3 is 0 Å². The maximum atomic E-state index is 13.8. The molecule has 0 saturated carbocycles. The van der Waals surface area contributed by atoms with Gasteiger partial charge in [0.05, 0.1) is 19.7 Å². The molecule has 0 unspecified atom stereocenters. The van der Waals surface area contributed by atoms with E-state index in [-0.39, 0.29) is 18.2 Å². The van der Waals surface area contributed by atoms with E-state index in [1.54, 1.807) is 42.2 Å². The van der Waals surface area contributed by atoms with Gasteiger partial charge in [-0.25, -0.2) is 4.39 Å². The molecule has 8 heteroatoms. The van der Waals surface area contributed by atoms with Gasteiger partial charge in [-0.15, -0.1) is 0 Å². The molecule has 2 aromatic rings. The molecule has 3 amide bonds. The standard InChI is InChI=1S/C22H24FN3O4/c1-14(16-7-10-19(30-2)18(23)12-16)25-20(27)13-24-22(29)15-5-8-17(9-6-15)26-11-3-4-21(26)28/h5-10,12,14H,3-4,11,13H2,1-2H3,(H,24,29)(H,25,27)/t14-/m1/s1. The molecule has 1 fully saturated rings. The van der Waals surface area contributed by atoms with Crippen LogP contribution in [-0.2, 0) is 9.59 Å². The first-order valence-corrected chi connectivity index (χ1v) is 9.70. The Balaban J connectivity index is 1.51. The molecule has 1 saturated heterocycles. The van der Waals surface area contributed by atoms with E-state index in [0.29, 0.717) is 24.1 Å². The van der Waals surface area contributed by atoms with Crippen LogP contribution in [0.1, 0.15) is 41.7 Å². The van der Waals surface area contributed by atoms with E-state index in [0.717, 1.165) is 12.1 Å². The van der Waals surface area contributed by atoms with Gasteiger partial charge in [-0.1, -0.05) is 6.07 Å². The molecule has 0 aromatic heterocycles. The van der Waals surface area contributed by atoms with Crippen LogP contribution in [0.15, 0.2) is 42.5 Å². The zero-order valence-corrected chi connectivity index (χ0v) is 16.9. The highest BCUT2D eigenvalue weighted by molar-refractivity contribution is 5.98. The third-order valence-corrected chi connectivity index (χ3v) is 4.98. The van der Waals surface area contributed by atoms with Crippen molar-refractivity contribution >= 4 is 23.4 Å². The van der Waals surface area contributed by atoms with Gasteiger partial charge in [-0.2, -0.15) is 0 Å². The number of benzene rings is 2. The predicted molar refractivity (Wildman–Crippen MR) is 110 cm³/mol. The summed E-state index contributed by atoms with van der Waals surface area (Å²) in [6, 6.07) is 10.7. The summed E-state index contributed by atoms with van der Waals surface area (Å²) in [6.07, 6.45) is 1.37. The van der Waals surface area contributed by atoms with Crippen LogP contribution in [0.5, 0.6) is 5.75 Å². The van der Waals surface area contributed by atoms with E-state index in [9.17, 15) is 18.8 Å². The fourth-order valence-corrected chi connectivity index (χ4v) is 3.30. The Kier molecular flexibility index (Phi) is 6.66. The Hall–Kier alpha value is -3.42. The molecule has 0 aliphatic carbocycles. The molecule has 7 nitrogen and oxygen atoms in total. The summed E-state index contributed by atoms with van der Waals surface area (Å²) in [4.78, 5) is 37.9. The van der Waals surface area contributed by atoms with Gasteiger partial charge in [0.1, 0.15) is 0 Å². The number of anilines is 1. The van der Waals surface area contributed by atoms with Crippen molar-refractivity contribution in [1.29, 1.82) is 0 Å². The monoisotopic (exact) mass is 413 g/mol. The van der Waals surface area contributed by atoms with E-state index in [2.05, 4.69) is 10.6 Å². The molecule has 158 valence electrons. The molecule has 1 heterocycles. The molecule has 2 aromatic carbocycles. The molecule has 2 N–H and O–H groups in total. The average molecular weight is 413 g/mol. The Morgan fingerprint density at radius 2 is 1.93 bits per heavy atom. The summed E-state index contributed by atoms with van der Waals surface area (Å²) in [7, 11) is 1.38. The summed E-state index contributed by atoms with van der Waals surface area (Å²) in [5.74, 6) is -1.10. The first-order valence-electron chi connectivity index (χ1n) is 9.70. The minimum Gasteiger partial charge on any atom is -0.494 e. The van der Waals surface area contributed by atoms with E-state index in [1.807, 2.05) is 0 Å². The molecule has 0 radical (unpaired) electrons. The number of halogens is 1. The molecular formula is C22H24FN3O4. The van der Waals surface area contributed by atoms with Crippen molar-refractivity contribution in [3.63, 3.8) is 0 Å². The van der Waals surface area contributed by atoms with Crippen LogP contribution < -0.4 is 20.3 Å². The second kappa shape index (κ2) is 9.39. The number of hydrogen-bond donors (Lipinski definition) is 2. The Morgan fingerprint density at radius 1 is 1.20 bits per heavy atom. The van der Waals surface area contributed by atoms with Gasteiger partial charge < -0.3 is 20.3 Å². The van der Waals surface area contributed by atoms with Crippen LogP contribution in [0.3, 0.4) is 0 Å². The third-order valence-electron chi connectivity index (χ3n) is 4.98. The largest absolute Gasteiger partial charge is 0.494 e. The van der Waals surface area contributed by atoms with Crippen molar-refractivity contribution in [2.45, 2.75) is 25.8 Å². The molecular weight excluding hydrogens is 389 g/mol. The van der Waals surface area contributed by atoms with Crippen molar-refractivity contribution in [3.8, 4) is 5.75 Å².